The average molecular weight is 545 g/mol. The van der Waals surface area contributed by atoms with Crippen LogP contribution in [0.3, 0.4) is 0 Å². The number of nitrogens with zero attached hydrogens (tertiary/aromatic N) is 6. The number of hydrogen-bond acceptors (Lipinski definition) is 7. The van der Waals surface area contributed by atoms with Gasteiger partial charge >= 0.3 is 5.69 Å². The lowest BCUT2D eigenvalue weighted by Crippen LogP contribution is -2.46. The lowest BCUT2D eigenvalue weighted by molar-refractivity contribution is 0.101. The molecule has 1 aliphatic rings. The van der Waals surface area contributed by atoms with Crippen LogP contribution in [-0.2, 0) is 0 Å². The van der Waals surface area contributed by atoms with E-state index in [0.29, 0.717) is 23.0 Å². The van der Waals surface area contributed by atoms with E-state index in [-0.39, 0.29) is 5.69 Å². The monoisotopic (exact) mass is 544 g/mol. The summed E-state index contributed by atoms with van der Waals surface area (Å²) in [7, 11) is 0. The molecule has 39 heavy (non-hydrogen) atoms. The van der Waals surface area contributed by atoms with Gasteiger partial charge in [-0.3, -0.25) is 0 Å². The van der Waals surface area contributed by atoms with Crippen molar-refractivity contribution in [3.63, 3.8) is 0 Å². The van der Waals surface area contributed by atoms with Gasteiger partial charge in [0.05, 0.1) is 11.7 Å². The molecule has 0 saturated carbocycles. The Kier molecular flexibility index (Phi) is 6.85. The number of aliphatic hydroxyl groups excluding tert-OH is 1. The smallest absolute Gasteiger partial charge is 0.350 e. The van der Waals surface area contributed by atoms with Gasteiger partial charge in [-0.2, -0.15) is 10.1 Å². The van der Waals surface area contributed by atoms with Crippen molar-refractivity contribution in [1.82, 2.24) is 19.3 Å². The molecule has 3 heterocycles. The SMILES string of the molecule is CCC([C@H](O)c1ccc(Cl)cc1)n1ncn(-c2ccc(N3CCN(c4nc5ccccc5o4)CC3)cc2)c1=O. The molecule has 9 nitrogen and oxygen atoms in total. The first-order valence-electron chi connectivity index (χ1n) is 13.1. The number of piperazine rings is 1. The summed E-state index contributed by atoms with van der Waals surface area (Å²) in [6.07, 6.45) is 1.16. The largest absolute Gasteiger partial charge is 0.423 e. The van der Waals surface area contributed by atoms with E-state index in [1.807, 2.05) is 55.5 Å². The van der Waals surface area contributed by atoms with Crippen molar-refractivity contribution in [2.75, 3.05) is 36.0 Å². The van der Waals surface area contributed by atoms with Crippen LogP contribution in [0.2, 0.25) is 5.02 Å². The van der Waals surface area contributed by atoms with Crippen LogP contribution in [0.25, 0.3) is 16.8 Å². The Labute approximate surface area is 230 Å². The molecule has 1 saturated heterocycles. The molecule has 3 aromatic carbocycles. The van der Waals surface area contributed by atoms with Gasteiger partial charge in [0, 0.05) is 36.9 Å². The Hall–Kier alpha value is -4.08. The molecule has 0 radical (unpaired) electrons. The zero-order chi connectivity index (χ0) is 26.9. The fourth-order valence-corrected chi connectivity index (χ4v) is 5.23. The zero-order valence-corrected chi connectivity index (χ0v) is 22.3. The van der Waals surface area contributed by atoms with E-state index in [1.54, 1.807) is 24.3 Å². The number of halogens is 1. The molecule has 2 aromatic heterocycles. The molecule has 0 spiro atoms. The summed E-state index contributed by atoms with van der Waals surface area (Å²) in [5.41, 5.74) is 3.86. The minimum atomic E-state index is -0.885. The third kappa shape index (κ3) is 4.91. The second kappa shape index (κ2) is 10.6. The number of anilines is 2. The van der Waals surface area contributed by atoms with Crippen LogP contribution in [0.4, 0.5) is 11.7 Å². The van der Waals surface area contributed by atoms with Crippen LogP contribution in [0.5, 0.6) is 0 Å². The first-order valence-corrected chi connectivity index (χ1v) is 13.4. The van der Waals surface area contributed by atoms with Crippen LogP contribution in [0.15, 0.2) is 88.3 Å². The molecule has 5 aromatic rings. The number of benzene rings is 3. The molecule has 1 aliphatic heterocycles. The third-order valence-corrected chi connectivity index (χ3v) is 7.58. The van der Waals surface area contributed by atoms with Gasteiger partial charge in [-0.05, 0) is 60.5 Å². The highest BCUT2D eigenvalue weighted by atomic mass is 35.5. The Morgan fingerprint density at radius 3 is 2.28 bits per heavy atom. The van der Waals surface area contributed by atoms with Gasteiger partial charge in [0.1, 0.15) is 17.9 Å². The van der Waals surface area contributed by atoms with E-state index in [0.717, 1.165) is 48.7 Å². The van der Waals surface area contributed by atoms with Crippen LogP contribution >= 0.6 is 11.6 Å². The molecule has 0 bridgehead atoms. The second-order valence-corrected chi connectivity index (χ2v) is 10.1. The number of hydrogen-bond donors (Lipinski definition) is 1. The summed E-state index contributed by atoms with van der Waals surface area (Å²) in [6.45, 7) is 5.19. The number of fused-ring (bicyclic) bond motifs is 1. The van der Waals surface area contributed by atoms with E-state index in [2.05, 4.69) is 19.9 Å². The molecule has 0 aliphatic carbocycles. The minimum absolute atomic E-state index is 0.297. The summed E-state index contributed by atoms with van der Waals surface area (Å²) in [4.78, 5) is 22.4. The van der Waals surface area contributed by atoms with Crippen molar-refractivity contribution in [3.05, 3.63) is 100 Å². The number of aromatic nitrogens is 4. The van der Waals surface area contributed by atoms with Crippen molar-refractivity contribution < 1.29 is 9.52 Å². The highest BCUT2D eigenvalue weighted by Gasteiger charge is 2.25. The molecule has 0 amide bonds. The van der Waals surface area contributed by atoms with Crippen molar-refractivity contribution >= 4 is 34.4 Å². The van der Waals surface area contributed by atoms with Crippen LogP contribution in [0, 0.1) is 0 Å². The highest BCUT2D eigenvalue weighted by Crippen LogP contribution is 2.29. The van der Waals surface area contributed by atoms with E-state index in [4.69, 9.17) is 16.0 Å². The maximum absolute atomic E-state index is 13.3. The third-order valence-electron chi connectivity index (χ3n) is 7.33. The van der Waals surface area contributed by atoms with E-state index in [1.165, 1.54) is 15.6 Å². The van der Waals surface area contributed by atoms with E-state index < -0.39 is 12.1 Å². The highest BCUT2D eigenvalue weighted by molar-refractivity contribution is 6.30. The Morgan fingerprint density at radius 2 is 1.59 bits per heavy atom. The van der Waals surface area contributed by atoms with Gasteiger partial charge in [-0.25, -0.2) is 14.0 Å². The lowest BCUT2D eigenvalue weighted by Gasteiger charge is -2.35. The normalized spacial score (nSPS) is 15.6. The predicted molar refractivity (Wildman–Crippen MR) is 152 cm³/mol. The number of oxazole rings is 1. The molecule has 2 atom stereocenters. The van der Waals surface area contributed by atoms with Gasteiger partial charge in [0.25, 0.3) is 6.01 Å². The average Bonchev–Trinajstić information content (AvgIpc) is 3.58. The molecule has 10 heteroatoms. The Balaban J connectivity index is 1.14. The minimum Gasteiger partial charge on any atom is -0.423 e. The summed E-state index contributed by atoms with van der Waals surface area (Å²) in [6, 6.07) is 22.8. The molecule has 1 N–H and O–H groups in total. The fourth-order valence-electron chi connectivity index (χ4n) is 5.11. The summed E-state index contributed by atoms with van der Waals surface area (Å²) < 4.78 is 8.80. The number of aliphatic hydroxyl groups is 1. The first kappa shape index (κ1) is 25.2. The number of para-hydroxylation sites is 2. The van der Waals surface area contributed by atoms with Crippen LogP contribution in [0.1, 0.15) is 31.1 Å². The van der Waals surface area contributed by atoms with Gasteiger partial charge in [0.2, 0.25) is 0 Å². The molecular formula is C29H29ClN6O3. The van der Waals surface area contributed by atoms with Gasteiger partial charge < -0.3 is 19.3 Å². The summed E-state index contributed by atoms with van der Waals surface area (Å²) in [5.74, 6) is 0. The maximum atomic E-state index is 13.3. The number of rotatable bonds is 7. The fraction of sp³-hybridized carbons (Fsp3) is 0.276. The van der Waals surface area contributed by atoms with Crippen LogP contribution in [-0.4, -0.2) is 50.6 Å². The van der Waals surface area contributed by atoms with Gasteiger partial charge in [0.15, 0.2) is 5.58 Å². The van der Waals surface area contributed by atoms with E-state index >= 15 is 0 Å². The topological polar surface area (TPSA) is 92.6 Å². The van der Waals surface area contributed by atoms with Gasteiger partial charge in [-0.15, -0.1) is 0 Å². The molecule has 200 valence electrons. The lowest BCUT2D eigenvalue weighted by atomic mass is 10.0. The van der Waals surface area contributed by atoms with E-state index in [9.17, 15) is 9.90 Å². The molecule has 1 fully saturated rings. The Bertz CT molecular complexity index is 1580. The molecule has 6 rings (SSSR count). The van der Waals surface area contributed by atoms with Crippen molar-refractivity contribution in [2.24, 2.45) is 0 Å². The maximum Gasteiger partial charge on any atom is 0.350 e. The summed E-state index contributed by atoms with van der Waals surface area (Å²) in [5, 5.41) is 15.9. The molecular weight excluding hydrogens is 516 g/mol. The van der Waals surface area contributed by atoms with Gasteiger partial charge in [-0.1, -0.05) is 42.8 Å². The van der Waals surface area contributed by atoms with Crippen molar-refractivity contribution in [3.8, 4) is 5.69 Å². The standard InChI is InChI=1S/C29H29ClN6O3/c1-2-25(27(37)20-7-9-21(30)10-8-20)36-29(38)35(19-31-36)23-13-11-22(12-14-23)33-15-17-34(18-16-33)28-32-24-5-3-4-6-26(24)39-28/h3-14,19,25,27,37H,2,15-18H2,1H3/t25?,27-/m1/s1. The second-order valence-electron chi connectivity index (χ2n) is 9.65. The summed E-state index contributed by atoms with van der Waals surface area (Å²) >= 11 is 5.99. The van der Waals surface area contributed by atoms with Crippen molar-refractivity contribution in [2.45, 2.75) is 25.5 Å². The Morgan fingerprint density at radius 1 is 0.923 bits per heavy atom. The van der Waals surface area contributed by atoms with Crippen molar-refractivity contribution in [1.29, 1.82) is 0 Å². The quantitative estimate of drug-likeness (QED) is 0.313. The molecule has 1 unspecified atom stereocenters. The zero-order valence-electron chi connectivity index (χ0n) is 21.5. The van der Waals surface area contributed by atoms with Crippen LogP contribution < -0.4 is 15.5 Å². The first-order chi connectivity index (χ1) is 19.0. The predicted octanol–water partition coefficient (Wildman–Crippen LogP) is 4.84.